The predicted molar refractivity (Wildman–Crippen MR) is 128 cm³/mol. The summed E-state index contributed by atoms with van der Waals surface area (Å²) in [6, 6.07) is 8.37. The smallest absolute Gasteiger partial charge is 0.315 e. The summed E-state index contributed by atoms with van der Waals surface area (Å²) in [5.74, 6) is 0.729. The lowest BCUT2D eigenvalue weighted by molar-refractivity contribution is -0.901. The van der Waals surface area contributed by atoms with Gasteiger partial charge in [-0.15, -0.1) is 5.10 Å². The summed E-state index contributed by atoms with van der Waals surface area (Å²) >= 11 is 0. The van der Waals surface area contributed by atoms with Gasteiger partial charge in [0.2, 0.25) is 0 Å². The van der Waals surface area contributed by atoms with E-state index in [1.165, 1.54) is 50.8 Å². The Hall–Kier alpha value is -2.56. The van der Waals surface area contributed by atoms with Crippen molar-refractivity contribution >= 4 is 6.03 Å². The van der Waals surface area contributed by atoms with E-state index < -0.39 is 0 Å². The molecular weight excluding hydrogens is 446 g/mol. The van der Waals surface area contributed by atoms with Crippen molar-refractivity contribution in [1.29, 1.82) is 0 Å². The second kappa shape index (κ2) is 10.2. The molecule has 10 nitrogen and oxygen atoms in total. The number of quaternary nitrogens is 1. The highest BCUT2D eigenvalue weighted by molar-refractivity contribution is 5.74. The molecule has 3 aliphatic heterocycles. The van der Waals surface area contributed by atoms with Crippen LogP contribution in [0.5, 0.6) is 0 Å². The van der Waals surface area contributed by atoms with E-state index in [-0.39, 0.29) is 36.4 Å². The average Bonchev–Trinajstić information content (AvgIpc) is 3.66. The van der Waals surface area contributed by atoms with Gasteiger partial charge < -0.3 is 25.0 Å². The fraction of sp³-hybridized carbons (Fsp3) is 0.680. The van der Waals surface area contributed by atoms with E-state index in [9.17, 15) is 4.79 Å². The van der Waals surface area contributed by atoms with Crippen molar-refractivity contribution in [1.82, 2.24) is 30.8 Å². The van der Waals surface area contributed by atoms with Crippen molar-refractivity contribution in [2.45, 2.75) is 81.8 Å². The lowest BCUT2D eigenvalue weighted by atomic mass is 9.96. The molecule has 4 fully saturated rings. The second-order valence-electron chi connectivity index (χ2n) is 10.5. The number of carbonyl (C=O) groups excluding carboxylic acids is 1. The number of urea groups is 1. The second-order valence-corrected chi connectivity index (χ2v) is 10.5. The highest BCUT2D eigenvalue weighted by atomic mass is 16.6. The van der Waals surface area contributed by atoms with Gasteiger partial charge in [0.25, 0.3) is 0 Å². The van der Waals surface area contributed by atoms with Crippen LogP contribution in [-0.4, -0.2) is 76.8 Å². The fourth-order valence-corrected chi connectivity index (χ4v) is 6.22. The molecule has 0 unspecified atom stereocenters. The summed E-state index contributed by atoms with van der Waals surface area (Å²) in [4.78, 5) is 14.2. The molecule has 1 aromatic heterocycles. The molecule has 3 N–H and O–H groups in total. The first-order valence-corrected chi connectivity index (χ1v) is 13.3. The molecule has 188 valence electrons. The number of nitrogens with one attached hydrogen (secondary N) is 3. The van der Waals surface area contributed by atoms with Gasteiger partial charge in [-0.05, 0) is 29.3 Å². The molecule has 4 aliphatic rings. The molecule has 10 heteroatoms. The average molecular weight is 483 g/mol. The maximum absolute atomic E-state index is 12.6. The minimum absolute atomic E-state index is 0.127. The van der Waals surface area contributed by atoms with Crippen LogP contribution in [0, 0.1) is 0 Å². The van der Waals surface area contributed by atoms with E-state index in [4.69, 9.17) is 9.47 Å². The van der Waals surface area contributed by atoms with Crippen LogP contribution in [0.1, 0.15) is 56.6 Å². The van der Waals surface area contributed by atoms with Crippen molar-refractivity contribution in [3.05, 3.63) is 29.8 Å². The van der Waals surface area contributed by atoms with E-state index in [2.05, 4.69) is 50.4 Å². The normalized spacial score (nSPS) is 29.4. The standard InChI is InChI=1S/C25H35N7O3/c33-25(26-19-9-2-1-3-10-19)27-20-15-34-23-21(16-35-22(20)23)32-24(28-29-30-32)18-8-6-7-17(13-18)14-31-11-4-5-12-31/h6-8,13,19-23H,1-5,9-12,14-16H2,(H2,26,27,33)/p+1/t20-,21-,22+,23+/m0/s1. The van der Waals surface area contributed by atoms with Gasteiger partial charge in [0, 0.05) is 30.0 Å². The minimum Gasteiger partial charge on any atom is -0.371 e. The number of hydrogen-bond donors (Lipinski definition) is 3. The topological polar surface area (TPSA) is 108 Å². The molecule has 6 rings (SSSR count). The van der Waals surface area contributed by atoms with Crippen LogP contribution in [0.25, 0.3) is 11.4 Å². The molecule has 4 atom stereocenters. The Labute approximate surface area is 205 Å². The fourth-order valence-electron chi connectivity index (χ4n) is 6.22. The van der Waals surface area contributed by atoms with Crippen molar-refractivity contribution in [3.8, 4) is 11.4 Å². The third kappa shape index (κ3) is 4.92. The van der Waals surface area contributed by atoms with Gasteiger partial charge >= 0.3 is 6.03 Å². The summed E-state index contributed by atoms with van der Waals surface area (Å²) in [7, 11) is 0. The molecule has 0 spiro atoms. The lowest BCUT2D eigenvalue weighted by Gasteiger charge is -2.24. The van der Waals surface area contributed by atoms with Crippen LogP contribution in [-0.2, 0) is 16.0 Å². The predicted octanol–water partition coefficient (Wildman–Crippen LogP) is 0.858. The quantitative estimate of drug-likeness (QED) is 0.564. The number of ether oxygens (including phenoxy) is 2. The van der Waals surface area contributed by atoms with Gasteiger partial charge in [-0.2, -0.15) is 0 Å². The molecule has 1 aliphatic carbocycles. The van der Waals surface area contributed by atoms with E-state index in [0.29, 0.717) is 13.2 Å². The van der Waals surface area contributed by atoms with E-state index in [0.717, 1.165) is 30.8 Å². The van der Waals surface area contributed by atoms with Gasteiger partial charge in [-0.1, -0.05) is 37.5 Å². The molecule has 0 radical (unpaired) electrons. The number of likely N-dealkylation sites (tertiary alicyclic amines) is 1. The van der Waals surface area contributed by atoms with Crippen LogP contribution < -0.4 is 15.5 Å². The van der Waals surface area contributed by atoms with E-state index in [1.54, 1.807) is 4.90 Å². The van der Waals surface area contributed by atoms with Crippen molar-refractivity contribution < 1.29 is 19.2 Å². The Bertz CT molecular complexity index is 1020. The molecule has 2 amide bonds. The lowest BCUT2D eigenvalue weighted by Crippen LogP contribution is -3.08. The van der Waals surface area contributed by atoms with Crippen molar-refractivity contribution in [2.24, 2.45) is 0 Å². The molecule has 35 heavy (non-hydrogen) atoms. The number of fused-ring (bicyclic) bond motifs is 1. The molecule has 3 saturated heterocycles. The SMILES string of the molecule is O=C(NC1CCCCC1)N[C@H]1CO[C@H]2[C@@H]1OC[C@@H]2n1nnnc1-c1cccc(C[NH+]2CCCC2)c1. The van der Waals surface area contributed by atoms with Crippen LogP contribution >= 0.6 is 0 Å². The largest absolute Gasteiger partial charge is 0.371 e. The Morgan fingerprint density at radius 3 is 2.71 bits per heavy atom. The molecule has 4 heterocycles. The van der Waals surface area contributed by atoms with Gasteiger partial charge in [0.05, 0.1) is 32.3 Å². The first-order valence-electron chi connectivity index (χ1n) is 13.3. The summed E-state index contributed by atoms with van der Waals surface area (Å²) in [6.45, 7) is 4.40. The van der Waals surface area contributed by atoms with Gasteiger partial charge in [-0.25, -0.2) is 9.48 Å². The highest BCUT2D eigenvalue weighted by Crippen LogP contribution is 2.35. The summed E-state index contributed by atoms with van der Waals surface area (Å²) in [6.07, 6.45) is 7.97. The molecule has 2 aromatic rings. The zero-order valence-corrected chi connectivity index (χ0v) is 20.2. The van der Waals surface area contributed by atoms with Crippen molar-refractivity contribution in [3.63, 3.8) is 0 Å². The maximum Gasteiger partial charge on any atom is 0.315 e. The van der Waals surface area contributed by atoms with Crippen LogP contribution in [0.3, 0.4) is 0 Å². The third-order valence-electron chi connectivity index (χ3n) is 8.04. The number of hydrogen-bond acceptors (Lipinski definition) is 6. The maximum atomic E-state index is 12.6. The minimum atomic E-state index is -0.209. The van der Waals surface area contributed by atoms with Crippen LogP contribution in [0.2, 0.25) is 0 Å². The number of benzene rings is 1. The summed E-state index contributed by atoms with van der Waals surface area (Å²) in [5.41, 5.74) is 2.31. The number of tetrazole rings is 1. The molecule has 1 saturated carbocycles. The van der Waals surface area contributed by atoms with Gasteiger partial charge in [0.1, 0.15) is 24.8 Å². The first kappa shape index (κ1) is 22.9. The Morgan fingerprint density at radius 2 is 1.86 bits per heavy atom. The Morgan fingerprint density at radius 1 is 1.03 bits per heavy atom. The summed E-state index contributed by atoms with van der Waals surface area (Å²) in [5, 5.41) is 18.9. The molecule has 0 bridgehead atoms. The summed E-state index contributed by atoms with van der Waals surface area (Å²) < 4.78 is 14.1. The number of amides is 2. The highest BCUT2D eigenvalue weighted by Gasteiger charge is 2.50. The number of rotatable bonds is 6. The van der Waals surface area contributed by atoms with Crippen LogP contribution in [0.4, 0.5) is 4.79 Å². The number of nitrogens with zero attached hydrogens (tertiary/aromatic N) is 4. The molecular formula is C25H36N7O3+. The van der Waals surface area contributed by atoms with E-state index in [1.807, 2.05) is 4.68 Å². The Balaban J connectivity index is 1.11. The van der Waals surface area contributed by atoms with Gasteiger partial charge in [-0.3, -0.25) is 0 Å². The third-order valence-corrected chi connectivity index (χ3v) is 8.04. The zero-order chi connectivity index (χ0) is 23.6. The number of aromatic nitrogens is 4. The zero-order valence-electron chi connectivity index (χ0n) is 20.2. The Kier molecular flexibility index (Phi) is 6.67. The van der Waals surface area contributed by atoms with Gasteiger partial charge in [0.15, 0.2) is 5.82 Å². The van der Waals surface area contributed by atoms with Crippen LogP contribution in [0.15, 0.2) is 24.3 Å². The number of carbonyl (C=O) groups is 1. The van der Waals surface area contributed by atoms with E-state index >= 15 is 0 Å². The monoisotopic (exact) mass is 482 g/mol. The first-order chi connectivity index (χ1) is 17.2. The van der Waals surface area contributed by atoms with Crippen molar-refractivity contribution in [2.75, 3.05) is 26.3 Å². The molecule has 1 aromatic carbocycles.